The summed E-state index contributed by atoms with van der Waals surface area (Å²) in [4.78, 5) is 13.1. The van der Waals surface area contributed by atoms with Gasteiger partial charge in [-0.15, -0.1) is 0 Å². The van der Waals surface area contributed by atoms with Crippen molar-refractivity contribution in [2.24, 2.45) is 0 Å². The lowest BCUT2D eigenvalue weighted by Crippen LogP contribution is -2.48. The molecular weight excluding hydrogens is 324 g/mol. The molecule has 1 fully saturated rings. The van der Waals surface area contributed by atoms with Crippen LogP contribution in [-0.4, -0.2) is 38.9 Å². The van der Waals surface area contributed by atoms with E-state index in [1.165, 1.54) is 0 Å². The number of piperidine rings is 1. The molecular formula is C15H21ClN2O3S. The van der Waals surface area contributed by atoms with E-state index < -0.39 is 10.0 Å². The Morgan fingerprint density at radius 1 is 1.36 bits per heavy atom. The van der Waals surface area contributed by atoms with Gasteiger partial charge < -0.3 is 4.90 Å². The summed E-state index contributed by atoms with van der Waals surface area (Å²) in [6, 6.07) is 4.78. The number of rotatable bonds is 4. The summed E-state index contributed by atoms with van der Waals surface area (Å²) in [5.74, 6) is 0.250. The van der Waals surface area contributed by atoms with Gasteiger partial charge in [0, 0.05) is 26.1 Å². The molecule has 1 amide bonds. The Labute approximate surface area is 136 Å². The van der Waals surface area contributed by atoms with Crippen LogP contribution in [0.4, 0.5) is 0 Å². The molecule has 1 atom stereocenters. The molecule has 0 radical (unpaired) electrons. The van der Waals surface area contributed by atoms with Gasteiger partial charge in [0.25, 0.3) is 0 Å². The lowest BCUT2D eigenvalue weighted by atomic mass is 10.0. The second-order valence-corrected chi connectivity index (χ2v) is 8.07. The van der Waals surface area contributed by atoms with Crippen molar-refractivity contribution in [2.45, 2.75) is 43.5 Å². The standard InChI is InChI=1S/C15H21ClN2O3S/c1-10(2)11-4-6-13(16)14(8-11)22(20,21)17-12-5-7-15(19)18(3)9-12/h4,6,8,10,12,17H,5,7,9H2,1-3H3. The van der Waals surface area contributed by atoms with Crippen molar-refractivity contribution in [3.05, 3.63) is 28.8 Å². The Kier molecular flexibility index (Phi) is 5.14. The zero-order valence-electron chi connectivity index (χ0n) is 13.0. The Balaban J connectivity index is 2.23. The van der Waals surface area contributed by atoms with Gasteiger partial charge in [-0.3, -0.25) is 4.79 Å². The van der Waals surface area contributed by atoms with Crippen LogP contribution in [0.2, 0.25) is 5.02 Å². The fourth-order valence-electron chi connectivity index (χ4n) is 2.48. The first-order valence-corrected chi connectivity index (χ1v) is 9.12. The van der Waals surface area contributed by atoms with E-state index in [-0.39, 0.29) is 27.8 Å². The SMILES string of the molecule is CC(C)c1ccc(Cl)c(S(=O)(=O)NC2CCC(=O)N(C)C2)c1. The molecule has 1 unspecified atom stereocenters. The first-order valence-electron chi connectivity index (χ1n) is 7.26. The predicted molar refractivity (Wildman–Crippen MR) is 86.5 cm³/mol. The van der Waals surface area contributed by atoms with E-state index in [1.807, 2.05) is 19.9 Å². The Hall–Kier alpha value is -1.11. The number of likely N-dealkylation sites (N-methyl/N-ethyl adjacent to an activating group) is 1. The Morgan fingerprint density at radius 3 is 2.64 bits per heavy atom. The molecule has 1 aromatic carbocycles. The summed E-state index contributed by atoms with van der Waals surface area (Å²) in [6.45, 7) is 4.36. The summed E-state index contributed by atoms with van der Waals surface area (Å²) in [6.07, 6.45) is 0.855. The highest BCUT2D eigenvalue weighted by molar-refractivity contribution is 7.89. The lowest BCUT2D eigenvalue weighted by Gasteiger charge is -2.30. The molecule has 0 aliphatic carbocycles. The lowest BCUT2D eigenvalue weighted by molar-refractivity contribution is -0.132. The average Bonchev–Trinajstić information content (AvgIpc) is 2.42. The van der Waals surface area contributed by atoms with Gasteiger partial charge in [0.15, 0.2) is 0 Å². The maximum atomic E-state index is 12.6. The summed E-state index contributed by atoms with van der Waals surface area (Å²) in [5.41, 5.74) is 0.917. The fraction of sp³-hybridized carbons (Fsp3) is 0.533. The molecule has 7 heteroatoms. The zero-order valence-corrected chi connectivity index (χ0v) is 14.5. The first-order chi connectivity index (χ1) is 10.2. The van der Waals surface area contributed by atoms with Gasteiger partial charge in [-0.05, 0) is 30.0 Å². The third kappa shape index (κ3) is 3.80. The van der Waals surface area contributed by atoms with Crippen molar-refractivity contribution in [3.63, 3.8) is 0 Å². The minimum Gasteiger partial charge on any atom is -0.344 e. The van der Waals surface area contributed by atoms with Crippen LogP contribution in [0.25, 0.3) is 0 Å². The van der Waals surface area contributed by atoms with Crippen molar-refractivity contribution in [1.82, 2.24) is 9.62 Å². The van der Waals surface area contributed by atoms with Gasteiger partial charge in [-0.25, -0.2) is 13.1 Å². The topological polar surface area (TPSA) is 66.5 Å². The molecule has 0 saturated carbocycles. The summed E-state index contributed by atoms with van der Waals surface area (Å²) in [7, 11) is -2.03. The number of carbonyl (C=O) groups excluding carboxylic acids is 1. The summed E-state index contributed by atoms with van der Waals surface area (Å²) in [5, 5.41) is 0.206. The predicted octanol–water partition coefficient (Wildman–Crippen LogP) is 2.36. The molecule has 1 aliphatic rings. The number of carbonyl (C=O) groups is 1. The number of hydrogen-bond acceptors (Lipinski definition) is 3. The van der Waals surface area contributed by atoms with Crippen LogP contribution >= 0.6 is 11.6 Å². The van der Waals surface area contributed by atoms with Crippen molar-refractivity contribution in [1.29, 1.82) is 0 Å². The van der Waals surface area contributed by atoms with Crippen LogP contribution in [0, 0.1) is 0 Å². The molecule has 0 bridgehead atoms. The highest BCUT2D eigenvalue weighted by Gasteiger charge is 2.28. The van der Waals surface area contributed by atoms with Crippen LogP contribution in [-0.2, 0) is 14.8 Å². The van der Waals surface area contributed by atoms with Crippen molar-refractivity contribution >= 4 is 27.5 Å². The number of nitrogens with one attached hydrogen (secondary N) is 1. The molecule has 0 aromatic heterocycles. The van der Waals surface area contributed by atoms with Crippen LogP contribution in [0.5, 0.6) is 0 Å². The van der Waals surface area contributed by atoms with Crippen LogP contribution in [0.1, 0.15) is 38.2 Å². The fourth-order valence-corrected chi connectivity index (χ4v) is 4.27. The summed E-state index contributed by atoms with van der Waals surface area (Å²) < 4.78 is 27.8. The number of nitrogens with zero attached hydrogens (tertiary/aromatic N) is 1. The molecule has 1 heterocycles. The smallest absolute Gasteiger partial charge is 0.242 e. The van der Waals surface area contributed by atoms with E-state index in [4.69, 9.17) is 11.6 Å². The van der Waals surface area contributed by atoms with E-state index in [9.17, 15) is 13.2 Å². The minimum atomic E-state index is -3.71. The van der Waals surface area contributed by atoms with Gasteiger partial charge in [-0.1, -0.05) is 31.5 Å². The molecule has 0 spiro atoms. The number of hydrogen-bond donors (Lipinski definition) is 1. The maximum Gasteiger partial charge on any atom is 0.242 e. The van der Waals surface area contributed by atoms with Crippen molar-refractivity contribution in [2.75, 3.05) is 13.6 Å². The number of likely N-dealkylation sites (tertiary alicyclic amines) is 1. The Bertz CT molecular complexity index is 673. The number of benzene rings is 1. The van der Waals surface area contributed by atoms with Crippen molar-refractivity contribution in [3.8, 4) is 0 Å². The van der Waals surface area contributed by atoms with E-state index in [0.29, 0.717) is 19.4 Å². The zero-order chi connectivity index (χ0) is 16.5. The number of halogens is 1. The van der Waals surface area contributed by atoms with Crippen molar-refractivity contribution < 1.29 is 13.2 Å². The van der Waals surface area contributed by atoms with E-state index in [0.717, 1.165) is 5.56 Å². The van der Waals surface area contributed by atoms with Gasteiger partial charge in [0.2, 0.25) is 15.9 Å². The largest absolute Gasteiger partial charge is 0.344 e. The first kappa shape index (κ1) is 17.2. The second kappa shape index (κ2) is 6.56. The van der Waals surface area contributed by atoms with Gasteiger partial charge in [0.1, 0.15) is 4.90 Å². The highest BCUT2D eigenvalue weighted by Crippen LogP contribution is 2.26. The van der Waals surface area contributed by atoms with Gasteiger partial charge in [-0.2, -0.15) is 0 Å². The molecule has 122 valence electrons. The third-order valence-corrected chi connectivity index (χ3v) is 5.86. The molecule has 22 heavy (non-hydrogen) atoms. The Morgan fingerprint density at radius 2 is 2.05 bits per heavy atom. The minimum absolute atomic E-state index is 0.0373. The molecule has 5 nitrogen and oxygen atoms in total. The van der Waals surface area contributed by atoms with Gasteiger partial charge >= 0.3 is 0 Å². The second-order valence-electron chi connectivity index (χ2n) is 5.98. The molecule has 1 aliphatic heterocycles. The monoisotopic (exact) mass is 344 g/mol. The maximum absolute atomic E-state index is 12.6. The number of sulfonamides is 1. The van der Waals surface area contributed by atoms with Gasteiger partial charge in [0.05, 0.1) is 5.02 Å². The molecule has 2 rings (SSSR count). The van der Waals surface area contributed by atoms with Crippen LogP contribution in [0.15, 0.2) is 23.1 Å². The third-order valence-electron chi connectivity index (χ3n) is 3.86. The van der Waals surface area contributed by atoms with E-state index >= 15 is 0 Å². The van der Waals surface area contributed by atoms with E-state index in [2.05, 4.69) is 4.72 Å². The normalized spacial score (nSPS) is 19.8. The summed E-state index contributed by atoms with van der Waals surface area (Å²) >= 11 is 6.07. The quantitative estimate of drug-likeness (QED) is 0.911. The average molecular weight is 345 g/mol. The molecule has 1 saturated heterocycles. The number of amides is 1. The molecule has 1 N–H and O–H groups in total. The van der Waals surface area contributed by atoms with Crippen LogP contribution < -0.4 is 4.72 Å². The molecule has 1 aromatic rings. The van der Waals surface area contributed by atoms with Crippen LogP contribution in [0.3, 0.4) is 0 Å². The van der Waals surface area contributed by atoms with E-state index in [1.54, 1.807) is 24.1 Å². The highest BCUT2D eigenvalue weighted by atomic mass is 35.5.